The standard InChI is InChI=1S/C25H27N3O5S/c1-4-27(24-14-17(2)26-33-24)25(30)20-6-5-7-22(15-20)28(18(3)29)21-10-12-23(13-11-21)34(31,32)16-19-8-9-19/h5-7,10-15,19H,4,8-9,16H2,1-3H3. The third-order valence-electron chi connectivity index (χ3n) is 5.72. The van der Waals surface area contributed by atoms with Gasteiger partial charge >= 0.3 is 0 Å². The van der Waals surface area contributed by atoms with E-state index >= 15 is 0 Å². The molecule has 2 aromatic carbocycles. The molecule has 1 aliphatic carbocycles. The van der Waals surface area contributed by atoms with Crippen LogP contribution >= 0.6 is 0 Å². The molecular formula is C25H27N3O5S. The monoisotopic (exact) mass is 481 g/mol. The summed E-state index contributed by atoms with van der Waals surface area (Å²) in [6.07, 6.45) is 1.91. The molecule has 1 aromatic heterocycles. The third-order valence-corrected chi connectivity index (χ3v) is 7.62. The quantitative estimate of drug-likeness (QED) is 0.469. The number of carbonyl (C=O) groups excluding carboxylic acids is 2. The number of carbonyl (C=O) groups is 2. The molecule has 0 unspecified atom stereocenters. The maximum absolute atomic E-state index is 13.2. The van der Waals surface area contributed by atoms with Crippen LogP contribution in [0.3, 0.4) is 0 Å². The normalized spacial score (nSPS) is 13.5. The largest absolute Gasteiger partial charge is 0.338 e. The van der Waals surface area contributed by atoms with E-state index in [0.717, 1.165) is 12.8 Å². The molecule has 0 spiro atoms. The number of anilines is 3. The van der Waals surface area contributed by atoms with Crippen molar-refractivity contribution < 1.29 is 22.5 Å². The second kappa shape index (κ2) is 9.42. The van der Waals surface area contributed by atoms with Gasteiger partial charge in [0.15, 0.2) is 9.84 Å². The van der Waals surface area contributed by atoms with E-state index in [1.807, 2.05) is 6.92 Å². The van der Waals surface area contributed by atoms with Gasteiger partial charge in [-0.25, -0.2) is 8.42 Å². The van der Waals surface area contributed by atoms with Gasteiger partial charge in [-0.15, -0.1) is 0 Å². The second-order valence-corrected chi connectivity index (χ2v) is 10.5. The first kappa shape index (κ1) is 23.7. The molecule has 0 radical (unpaired) electrons. The fourth-order valence-corrected chi connectivity index (χ4v) is 5.51. The second-order valence-electron chi connectivity index (χ2n) is 8.48. The van der Waals surface area contributed by atoms with Crippen molar-refractivity contribution in [1.29, 1.82) is 0 Å². The van der Waals surface area contributed by atoms with Gasteiger partial charge in [0.2, 0.25) is 11.8 Å². The van der Waals surface area contributed by atoms with Crippen molar-refractivity contribution in [3.05, 3.63) is 65.9 Å². The zero-order valence-corrected chi connectivity index (χ0v) is 20.2. The number of hydrogen-bond donors (Lipinski definition) is 0. The number of aryl methyl sites for hydroxylation is 1. The minimum absolute atomic E-state index is 0.158. The van der Waals surface area contributed by atoms with Gasteiger partial charge in [0, 0.05) is 36.5 Å². The molecule has 0 aliphatic heterocycles. The first-order chi connectivity index (χ1) is 16.2. The summed E-state index contributed by atoms with van der Waals surface area (Å²) in [5, 5.41) is 3.85. The van der Waals surface area contributed by atoms with Gasteiger partial charge in [-0.3, -0.25) is 19.4 Å². The molecule has 34 heavy (non-hydrogen) atoms. The summed E-state index contributed by atoms with van der Waals surface area (Å²) in [6, 6.07) is 14.7. The Morgan fingerprint density at radius 1 is 1.06 bits per heavy atom. The first-order valence-electron chi connectivity index (χ1n) is 11.2. The lowest BCUT2D eigenvalue weighted by Crippen LogP contribution is -2.30. The molecule has 9 heteroatoms. The van der Waals surface area contributed by atoms with E-state index in [1.165, 1.54) is 28.9 Å². The Labute approximate surface area is 199 Å². The molecule has 1 fully saturated rings. The minimum Gasteiger partial charge on any atom is -0.338 e. The van der Waals surface area contributed by atoms with E-state index in [4.69, 9.17) is 4.52 Å². The van der Waals surface area contributed by atoms with Crippen molar-refractivity contribution >= 4 is 38.9 Å². The Bertz CT molecular complexity index is 1310. The highest BCUT2D eigenvalue weighted by Gasteiger charge is 2.29. The van der Waals surface area contributed by atoms with Crippen molar-refractivity contribution in [3.63, 3.8) is 0 Å². The molecule has 1 saturated carbocycles. The summed E-state index contributed by atoms with van der Waals surface area (Å²) in [5.41, 5.74) is 2.06. The topological polar surface area (TPSA) is 101 Å². The molecule has 178 valence electrons. The molecular weight excluding hydrogens is 454 g/mol. The zero-order chi connectivity index (χ0) is 24.5. The highest BCUT2D eigenvalue weighted by molar-refractivity contribution is 7.91. The van der Waals surface area contributed by atoms with Crippen molar-refractivity contribution in [2.24, 2.45) is 5.92 Å². The number of hydrogen-bond acceptors (Lipinski definition) is 6. The number of nitrogens with zero attached hydrogens (tertiary/aromatic N) is 3. The number of benzene rings is 2. The van der Waals surface area contributed by atoms with Gasteiger partial charge in [0.05, 0.1) is 16.3 Å². The van der Waals surface area contributed by atoms with E-state index in [2.05, 4.69) is 5.16 Å². The lowest BCUT2D eigenvalue weighted by molar-refractivity contribution is -0.115. The van der Waals surface area contributed by atoms with Crippen molar-refractivity contribution in [2.45, 2.75) is 38.5 Å². The summed E-state index contributed by atoms with van der Waals surface area (Å²) < 4.78 is 30.4. The van der Waals surface area contributed by atoms with Crippen LogP contribution in [0.25, 0.3) is 0 Å². The molecule has 2 amide bonds. The van der Waals surface area contributed by atoms with Crippen LogP contribution in [0.4, 0.5) is 17.3 Å². The Balaban J connectivity index is 1.62. The molecule has 0 N–H and O–H groups in total. The van der Waals surface area contributed by atoms with E-state index in [1.54, 1.807) is 49.4 Å². The number of aromatic nitrogens is 1. The van der Waals surface area contributed by atoms with Crippen molar-refractivity contribution in [1.82, 2.24) is 5.16 Å². The van der Waals surface area contributed by atoms with Crippen LogP contribution in [0, 0.1) is 12.8 Å². The fourth-order valence-electron chi connectivity index (χ4n) is 3.82. The molecule has 4 rings (SSSR count). The summed E-state index contributed by atoms with van der Waals surface area (Å²) in [6.45, 7) is 5.41. The molecule has 0 saturated heterocycles. The molecule has 0 bridgehead atoms. The Kier molecular flexibility index (Phi) is 6.56. The van der Waals surface area contributed by atoms with Crippen molar-refractivity contribution in [3.8, 4) is 0 Å². The SMILES string of the molecule is CCN(C(=O)c1cccc(N(C(C)=O)c2ccc(S(=O)(=O)CC3CC3)cc2)c1)c1cc(C)no1. The van der Waals surface area contributed by atoms with Gasteiger partial charge in [-0.05, 0) is 75.1 Å². The van der Waals surface area contributed by atoms with Crippen LogP contribution in [0.5, 0.6) is 0 Å². The fraction of sp³-hybridized carbons (Fsp3) is 0.320. The average molecular weight is 482 g/mol. The molecule has 0 atom stereocenters. The third kappa shape index (κ3) is 5.04. The van der Waals surface area contributed by atoms with E-state index < -0.39 is 9.84 Å². The van der Waals surface area contributed by atoms with Crippen LogP contribution < -0.4 is 9.80 Å². The molecule has 3 aromatic rings. The Hall–Kier alpha value is -3.46. The summed E-state index contributed by atoms with van der Waals surface area (Å²) in [7, 11) is -3.35. The summed E-state index contributed by atoms with van der Waals surface area (Å²) >= 11 is 0. The smallest absolute Gasteiger partial charge is 0.260 e. The summed E-state index contributed by atoms with van der Waals surface area (Å²) in [5.74, 6) is 0.205. The van der Waals surface area contributed by atoms with Gasteiger partial charge in [0.1, 0.15) is 0 Å². The van der Waals surface area contributed by atoms with Crippen LogP contribution in [-0.4, -0.2) is 37.7 Å². The van der Waals surface area contributed by atoms with Crippen LogP contribution in [-0.2, 0) is 14.6 Å². The molecule has 1 aliphatic rings. The average Bonchev–Trinajstić information content (AvgIpc) is 3.51. The first-order valence-corrected chi connectivity index (χ1v) is 12.8. The van der Waals surface area contributed by atoms with Gasteiger partial charge in [-0.2, -0.15) is 0 Å². The maximum Gasteiger partial charge on any atom is 0.260 e. The lowest BCUT2D eigenvalue weighted by Gasteiger charge is -2.23. The molecule has 8 nitrogen and oxygen atoms in total. The van der Waals surface area contributed by atoms with Gasteiger partial charge < -0.3 is 4.52 Å². The highest BCUT2D eigenvalue weighted by atomic mass is 32.2. The summed E-state index contributed by atoms with van der Waals surface area (Å²) in [4.78, 5) is 28.9. The lowest BCUT2D eigenvalue weighted by atomic mass is 10.1. The van der Waals surface area contributed by atoms with Gasteiger partial charge in [-0.1, -0.05) is 11.2 Å². The minimum atomic E-state index is -3.35. The Morgan fingerprint density at radius 2 is 1.76 bits per heavy atom. The van der Waals surface area contributed by atoms with E-state index in [9.17, 15) is 18.0 Å². The number of sulfone groups is 1. The van der Waals surface area contributed by atoms with Crippen LogP contribution in [0.2, 0.25) is 0 Å². The Morgan fingerprint density at radius 3 is 2.32 bits per heavy atom. The van der Waals surface area contributed by atoms with Crippen LogP contribution in [0.1, 0.15) is 42.7 Å². The zero-order valence-electron chi connectivity index (χ0n) is 19.4. The predicted molar refractivity (Wildman–Crippen MR) is 129 cm³/mol. The number of amides is 2. The van der Waals surface area contributed by atoms with E-state index in [-0.39, 0.29) is 28.4 Å². The number of rotatable bonds is 8. The highest BCUT2D eigenvalue weighted by Crippen LogP contribution is 2.33. The van der Waals surface area contributed by atoms with Crippen molar-refractivity contribution in [2.75, 3.05) is 22.1 Å². The maximum atomic E-state index is 13.2. The predicted octanol–water partition coefficient (Wildman–Crippen LogP) is 4.52. The van der Waals surface area contributed by atoms with E-state index in [0.29, 0.717) is 35.1 Å². The van der Waals surface area contributed by atoms with Gasteiger partial charge in [0.25, 0.3) is 5.91 Å². The van der Waals surface area contributed by atoms with Crippen LogP contribution in [0.15, 0.2) is 64.0 Å². The molecule has 1 heterocycles.